The predicted molar refractivity (Wildman–Crippen MR) is 140 cm³/mol. The lowest BCUT2D eigenvalue weighted by atomic mass is 9.98. The molecule has 4 aromatic rings. The summed E-state index contributed by atoms with van der Waals surface area (Å²) in [6, 6.07) is 24.3. The number of benzene rings is 3. The van der Waals surface area contributed by atoms with E-state index in [4.69, 9.17) is 9.15 Å². The lowest BCUT2D eigenvalue weighted by Gasteiger charge is -2.23. The molecule has 0 radical (unpaired) electrons. The van der Waals surface area contributed by atoms with E-state index in [1.54, 1.807) is 18.2 Å². The molecule has 2 N–H and O–H groups in total. The van der Waals surface area contributed by atoms with Crippen LogP contribution in [-0.4, -0.2) is 29.9 Å². The molecule has 0 amide bonds. The van der Waals surface area contributed by atoms with E-state index in [9.17, 15) is 9.90 Å². The second kappa shape index (κ2) is 10.9. The summed E-state index contributed by atoms with van der Waals surface area (Å²) in [5.74, 6) is 1.05. The third kappa shape index (κ3) is 6.06. The van der Waals surface area contributed by atoms with Crippen molar-refractivity contribution in [1.82, 2.24) is 5.32 Å². The molecule has 1 atom stereocenters. The maximum absolute atomic E-state index is 13.5. The van der Waals surface area contributed by atoms with Gasteiger partial charge in [-0.05, 0) is 38.5 Å². The van der Waals surface area contributed by atoms with Crippen molar-refractivity contribution in [3.8, 4) is 28.2 Å². The molecular weight excluding hydrogens is 450 g/mol. The minimum atomic E-state index is -0.660. The third-order valence-corrected chi connectivity index (χ3v) is 5.27. The molecule has 0 aliphatic rings. The van der Waals surface area contributed by atoms with E-state index in [1.807, 2.05) is 81.4 Å². The number of hydrogen-bond acceptors (Lipinski definition) is 5. The fourth-order valence-electron chi connectivity index (χ4n) is 3.60. The summed E-state index contributed by atoms with van der Waals surface area (Å²) in [7, 11) is 0. The van der Waals surface area contributed by atoms with Crippen molar-refractivity contribution in [2.45, 2.75) is 32.4 Å². The largest absolute Gasteiger partial charge is 0.491 e. The highest BCUT2D eigenvalue weighted by Crippen LogP contribution is 2.33. The first-order valence-corrected chi connectivity index (χ1v) is 11.1. The monoisotopic (exact) mass is 479 g/mol. The van der Waals surface area contributed by atoms with Gasteiger partial charge >= 0.3 is 0 Å². The van der Waals surface area contributed by atoms with E-state index in [0.29, 0.717) is 34.6 Å². The number of aliphatic hydroxyl groups excluding tert-OH is 1. The molecule has 6 heteroatoms. The van der Waals surface area contributed by atoms with Crippen LogP contribution < -0.4 is 15.5 Å². The van der Waals surface area contributed by atoms with E-state index in [0.717, 1.165) is 11.1 Å². The zero-order chi connectivity index (χ0) is 23.4. The van der Waals surface area contributed by atoms with Crippen LogP contribution in [0.5, 0.6) is 5.75 Å². The SMILES string of the molecule is CC(C)(C)NCC(O)COc1ccc2c(=O)c(-c3ccccc3)c(-c3ccccc3)oc2c1.Cl. The van der Waals surface area contributed by atoms with Gasteiger partial charge in [0.05, 0.1) is 10.9 Å². The van der Waals surface area contributed by atoms with E-state index in [-0.39, 0.29) is 30.0 Å². The molecule has 0 spiro atoms. The molecule has 34 heavy (non-hydrogen) atoms. The summed E-state index contributed by atoms with van der Waals surface area (Å²) < 4.78 is 12.1. The summed E-state index contributed by atoms with van der Waals surface area (Å²) in [5.41, 5.74) is 2.43. The Morgan fingerprint density at radius 1 is 0.941 bits per heavy atom. The molecule has 178 valence electrons. The zero-order valence-electron chi connectivity index (χ0n) is 19.6. The predicted octanol–water partition coefficient (Wildman–Crippen LogP) is 5.68. The first-order valence-electron chi connectivity index (χ1n) is 11.1. The van der Waals surface area contributed by atoms with Crippen LogP contribution in [0.15, 0.2) is 88.1 Å². The number of β-amino-alcohol motifs (C(OH)–C–C–N with tert-alkyl or cyclic N) is 1. The van der Waals surface area contributed by atoms with Gasteiger partial charge in [-0.15, -0.1) is 12.4 Å². The second-order valence-electron chi connectivity index (χ2n) is 9.12. The van der Waals surface area contributed by atoms with Gasteiger partial charge in [-0.25, -0.2) is 0 Å². The van der Waals surface area contributed by atoms with Crippen LogP contribution in [0.1, 0.15) is 20.8 Å². The fourth-order valence-corrected chi connectivity index (χ4v) is 3.60. The maximum Gasteiger partial charge on any atom is 0.201 e. The van der Waals surface area contributed by atoms with Crippen LogP contribution in [0, 0.1) is 0 Å². The average Bonchev–Trinajstić information content (AvgIpc) is 2.82. The van der Waals surface area contributed by atoms with Gasteiger partial charge in [0, 0.05) is 23.7 Å². The van der Waals surface area contributed by atoms with Crippen molar-refractivity contribution in [3.63, 3.8) is 0 Å². The smallest absolute Gasteiger partial charge is 0.201 e. The van der Waals surface area contributed by atoms with Gasteiger partial charge in [-0.1, -0.05) is 60.7 Å². The summed E-state index contributed by atoms with van der Waals surface area (Å²) in [6.07, 6.45) is -0.660. The van der Waals surface area contributed by atoms with Gasteiger partial charge in [0.1, 0.15) is 29.8 Å². The second-order valence-corrected chi connectivity index (χ2v) is 9.12. The van der Waals surface area contributed by atoms with Crippen LogP contribution in [0.3, 0.4) is 0 Å². The minimum Gasteiger partial charge on any atom is -0.491 e. The van der Waals surface area contributed by atoms with Gasteiger partial charge < -0.3 is 19.6 Å². The molecule has 0 saturated carbocycles. The van der Waals surface area contributed by atoms with E-state index in [1.165, 1.54) is 0 Å². The van der Waals surface area contributed by atoms with E-state index in [2.05, 4.69) is 5.32 Å². The van der Waals surface area contributed by atoms with Crippen molar-refractivity contribution < 1.29 is 14.3 Å². The Hall–Kier alpha value is -3.12. The fraction of sp³-hybridized carbons (Fsp3) is 0.250. The molecule has 0 bridgehead atoms. The Kier molecular flexibility index (Phi) is 8.15. The highest BCUT2D eigenvalue weighted by atomic mass is 35.5. The Labute approximate surface area is 205 Å². The lowest BCUT2D eigenvalue weighted by Crippen LogP contribution is -2.42. The molecular formula is C28H30ClNO4. The molecule has 3 aromatic carbocycles. The van der Waals surface area contributed by atoms with E-state index >= 15 is 0 Å². The molecule has 1 aromatic heterocycles. The summed E-state index contributed by atoms with van der Waals surface area (Å²) in [4.78, 5) is 13.5. The van der Waals surface area contributed by atoms with Crippen molar-refractivity contribution >= 4 is 23.4 Å². The van der Waals surface area contributed by atoms with E-state index < -0.39 is 6.10 Å². The molecule has 0 saturated heterocycles. The van der Waals surface area contributed by atoms with Crippen LogP contribution in [0.4, 0.5) is 0 Å². The number of ether oxygens (including phenoxy) is 1. The van der Waals surface area contributed by atoms with Gasteiger partial charge in [-0.3, -0.25) is 4.79 Å². The average molecular weight is 480 g/mol. The van der Waals surface area contributed by atoms with Crippen molar-refractivity contribution in [2.75, 3.05) is 13.2 Å². The normalized spacial score (nSPS) is 12.2. The number of hydrogen-bond donors (Lipinski definition) is 2. The first-order chi connectivity index (χ1) is 15.8. The Morgan fingerprint density at radius 2 is 1.56 bits per heavy atom. The van der Waals surface area contributed by atoms with Crippen LogP contribution in [-0.2, 0) is 0 Å². The third-order valence-electron chi connectivity index (χ3n) is 5.27. The molecule has 1 unspecified atom stereocenters. The number of rotatable bonds is 7. The number of halogens is 1. The topological polar surface area (TPSA) is 71.7 Å². The molecule has 0 fully saturated rings. The lowest BCUT2D eigenvalue weighted by molar-refractivity contribution is 0.100. The standard InChI is InChI=1S/C28H29NO4.ClH/c1-28(2,3)29-17-21(30)18-32-22-14-15-23-24(16-22)33-27(20-12-8-5-9-13-20)25(26(23)31)19-10-6-4-7-11-19;/h4-16,21,29-30H,17-18H2,1-3H3;1H. The van der Waals surface area contributed by atoms with Gasteiger partial charge in [0.15, 0.2) is 0 Å². The highest BCUT2D eigenvalue weighted by Gasteiger charge is 2.18. The number of nitrogens with one attached hydrogen (secondary N) is 1. The molecule has 0 aliphatic heterocycles. The summed E-state index contributed by atoms with van der Waals surface area (Å²) >= 11 is 0. The molecule has 4 rings (SSSR count). The number of aliphatic hydroxyl groups is 1. The highest BCUT2D eigenvalue weighted by molar-refractivity contribution is 5.89. The molecule has 1 heterocycles. The Morgan fingerprint density at radius 3 is 2.18 bits per heavy atom. The van der Waals surface area contributed by atoms with Gasteiger partial charge in [0.25, 0.3) is 0 Å². The molecule has 5 nitrogen and oxygen atoms in total. The zero-order valence-corrected chi connectivity index (χ0v) is 20.4. The van der Waals surface area contributed by atoms with Crippen LogP contribution >= 0.6 is 12.4 Å². The summed E-state index contributed by atoms with van der Waals surface area (Å²) in [5, 5.41) is 14.0. The molecule has 0 aliphatic carbocycles. The minimum absolute atomic E-state index is 0. The van der Waals surface area contributed by atoms with Gasteiger partial charge in [-0.2, -0.15) is 0 Å². The maximum atomic E-state index is 13.5. The van der Waals surface area contributed by atoms with Crippen molar-refractivity contribution in [1.29, 1.82) is 0 Å². The first kappa shape index (κ1) is 25.5. The quantitative estimate of drug-likeness (QED) is 0.357. The van der Waals surface area contributed by atoms with Crippen LogP contribution in [0.25, 0.3) is 33.4 Å². The summed E-state index contributed by atoms with van der Waals surface area (Å²) in [6.45, 7) is 6.68. The Bertz CT molecular complexity index is 1280. The van der Waals surface area contributed by atoms with Crippen LogP contribution in [0.2, 0.25) is 0 Å². The van der Waals surface area contributed by atoms with Gasteiger partial charge in [0.2, 0.25) is 5.43 Å². The number of fused-ring (bicyclic) bond motifs is 1. The Balaban J connectivity index is 0.00000324. The van der Waals surface area contributed by atoms with Crippen molar-refractivity contribution in [3.05, 3.63) is 89.1 Å². The van der Waals surface area contributed by atoms with Crippen molar-refractivity contribution in [2.24, 2.45) is 0 Å².